The van der Waals surface area contributed by atoms with Gasteiger partial charge in [-0.1, -0.05) is 133 Å². The molecule has 1 fully saturated rings. The van der Waals surface area contributed by atoms with Gasteiger partial charge in [-0.05, 0) is 74.6 Å². The number of piperidine rings is 1. The van der Waals surface area contributed by atoms with Crippen molar-refractivity contribution in [2.24, 2.45) is 5.92 Å². The minimum atomic E-state index is -0.549. The molecule has 0 spiro atoms. The van der Waals surface area contributed by atoms with Gasteiger partial charge in [0.15, 0.2) is 0 Å². The number of nitrogens with one attached hydrogen (secondary N) is 1. The fraction of sp³-hybridized carbons (Fsp3) is 0.325. The lowest BCUT2D eigenvalue weighted by Gasteiger charge is -2.40. The summed E-state index contributed by atoms with van der Waals surface area (Å²) in [5.41, 5.74) is 3.90. The predicted molar refractivity (Wildman–Crippen MR) is 181 cm³/mol. The second-order valence-corrected chi connectivity index (χ2v) is 12.9. The summed E-state index contributed by atoms with van der Waals surface area (Å²) in [6.45, 7) is 7.26. The molecular weight excluding hydrogens is 540 g/mol. The molecule has 0 saturated carbocycles. The van der Waals surface area contributed by atoms with Crippen LogP contribution in [0.4, 0.5) is 4.79 Å². The first kappa shape index (κ1) is 31.3. The van der Waals surface area contributed by atoms with Crippen molar-refractivity contribution in [3.8, 4) is 0 Å². The van der Waals surface area contributed by atoms with Crippen molar-refractivity contribution in [1.29, 1.82) is 0 Å². The second kappa shape index (κ2) is 14.5. The van der Waals surface area contributed by atoms with Crippen molar-refractivity contribution >= 4 is 6.09 Å². The number of rotatable bonds is 10. The summed E-state index contributed by atoms with van der Waals surface area (Å²) in [4.78, 5) is 14.4. The smallest absolute Gasteiger partial charge is 0.410 e. The van der Waals surface area contributed by atoms with Crippen molar-refractivity contribution in [3.05, 3.63) is 156 Å². The van der Waals surface area contributed by atoms with E-state index in [0.29, 0.717) is 5.92 Å². The standard InChI is InChI=1S/C40H46N2O2/c1-39(2,3)44-38(43)42-29-27-32(28-30-42)19-16-26-37(31-33-17-8-4-9-18-33)41-40(34-20-10-5-11-21-34,35-22-12-6-13-23-35)36-24-14-7-15-25-36/h4-18,20-26,32,37,41H,19,27-31H2,1-3H3/b26-16+. The predicted octanol–water partition coefficient (Wildman–Crippen LogP) is 8.77. The molecule has 0 aromatic heterocycles. The van der Waals surface area contributed by atoms with Crippen LogP contribution in [-0.4, -0.2) is 35.7 Å². The molecule has 1 aliphatic heterocycles. The van der Waals surface area contributed by atoms with Gasteiger partial charge in [-0.3, -0.25) is 5.32 Å². The number of carbonyl (C=O) groups excluding carboxylic acids is 1. The monoisotopic (exact) mass is 586 g/mol. The maximum atomic E-state index is 12.6. The maximum Gasteiger partial charge on any atom is 0.410 e. The highest BCUT2D eigenvalue weighted by Gasteiger charge is 2.37. The Labute approximate surface area is 263 Å². The van der Waals surface area contributed by atoms with Crippen LogP contribution in [0.3, 0.4) is 0 Å². The Balaban J connectivity index is 1.42. The average molecular weight is 587 g/mol. The number of hydrogen-bond donors (Lipinski definition) is 1. The van der Waals surface area contributed by atoms with Crippen molar-refractivity contribution in [3.63, 3.8) is 0 Å². The number of ether oxygens (including phenoxy) is 1. The first-order chi connectivity index (χ1) is 21.3. The first-order valence-corrected chi connectivity index (χ1v) is 16.0. The van der Waals surface area contributed by atoms with Gasteiger partial charge in [0, 0.05) is 19.1 Å². The first-order valence-electron chi connectivity index (χ1n) is 16.0. The Hall–Kier alpha value is -4.15. The SMILES string of the molecule is CC(C)(C)OC(=O)N1CCC(C/C=C/C(Cc2ccccc2)NC(c2ccccc2)(c2ccccc2)c2ccccc2)CC1. The van der Waals surface area contributed by atoms with E-state index < -0.39 is 11.1 Å². The van der Waals surface area contributed by atoms with Crippen LogP contribution < -0.4 is 5.32 Å². The van der Waals surface area contributed by atoms with Crippen molar-refractivity contribution < 1.29 is 9.53 Å². The van der Waals surface area contributed by atoms with Crippen LogP contribution in [0.1, 0.15) is 62.3 Å². The Morgan fingerprint density at radius 3 is 1.68 bits per heavy atom. The number of hydrogen-bond acceptors (Lipinski definition) is 3. The highest BCUT2D eigenvalue weighted by molar-refractivity contribution is 5.68. The van der Waals surface area contributed by atoms with Crippen LogP contribution in [0.5, 0.6) is 0 Å². The highest BCUT2D eigenvalue weighted by atomic mass is 16.6. The van der Waals surface area contributed by atoms with E-state index in [1.165, 1.54) is 22.3 Å². The van der Waals surface area contributed by atoms with E-state index in [2.05, 4.69) is 139 Å². The van der Waals surface area contributed by atoms with Crippen molar-refractivity contribution in [2.75, 3.05) is 13.1 Å². The molecule has 1 saturated heterocycles. The van der Waals surface area contributed by atoms with E-state index in [1.54, 1.807) is 0 Å². The van der Waals surface area contributed by atoms with Crippen molar-refractivity contribution in [1.82, 2.24) is 10.2 Å². The van der Waals surface area contributed by atoms with Gasteiger partial charge in [-0.15, -0.1) is 0 Å². The minimum absolute atomic E-state index is 0.0693. The maximum absolute atomic E-state index is 12.6. The molecule has 4 aromatic rings. The average Bonchev–Trinajstić information content (AvgIpc) is 3.05. The Morgan fingerprint density at radius 1 is 0.773 bits per heavy atom. The van der Waals surface area contributed by atoms with E-state index in [9.17, 15) is 4.79 Å². The zero-order valence-electron chi connectivity index (χ0n) is 26.4. The molecule has 228 valence electrons. The lowest BCUT2D eigenvalue weighted by molar-refractivity contribution is 0.0185. The summed E-state index contributed by atoms with van der Waals surface area (Å²) in [5.74, 6) is 0.546. The number of likely N-dealkylation sites (tertiary alicyclic amines) is 1. The molecule has 44 heavy (non-hydrogen) atoms. The molecule has 1 aliphatic rings. The molecule has 1 N–H and O–H groups in total. The number of nitrogens with zero attached hydrogens (tertiary/aromatic N) is 1. The minimum Gasteiger partial charge on any atom is -0.444 e. The van der Waals surface area contributed by atoms with Crippen LogP contribution in [0.15, 0.2) is 133 Å². The Kier molecular flexibility index (Phi) is 10.3. The van der Waals surface area contributed by atoms with Crippen LogP contribution in [0.25, 0.3) is 0 Å². The van der Waals surface area contributed by atoms with Crippen LogP contribution in [-0.2, 0) is 16.7 Å². The summed E-state index contributed by atoms with van der Waals surface area (Å²) >= 11 is 0. The number of amides is 1. The number of benzene rings is 4. The van der Waals surface area contributed by atoms with E-state index >= 15 is 0 Å². The van der Waals surface area contributed by atoms with Gasteiger partial charge < -0.3 is 9.64 Å². The van der Waals surface area contributed by atoms with Gasteiger partial charge in [-0.25, -0.2) is 4.79 Å². The molecule has 0 bridgehead atoms. The molecule has 1 atom stereocenters. The topological polar surface area (TPSA) is 41.6 Å². The fourth-order valence-corrected chi connectivity index (χ4v) is 6.24. The zero-order valence-corrected chi connectivity index (χ0v) is 26.4. The third-order valence-electron chi connectivity index (χ3n) is 8.42. The summed E-state index contributed by atoms with van der Waals surface area (Å²) in [6, 6.07) is 43.2. The van der Waals surface area contributed by atoms with Gasteiger partial charge in [0.25, 0.3) is 0 Å². The summed E-state index contributed by atoms with van der Waals surface area (Å²) in [7, 11) is 0. The molecule has 0 aliphatic carbocycles. The molecule has 5 rings (SSSR count). The molecule has 1 heterocycles. The van der Waals surface area contributed by atoms with Gasteiger partial charge in [0.1, 0.15) is 5.60 Å². The number of carbonyl (C=O) groups is 1. The molecule has 1 amide bonds. The van der Waals surface area contributed by atoms with Crippen LogP contribution in [0, 0.1) is 5.92 Å². The quantitative estimate of drug-likeness (QED) is 0.149. The largest absolute Gasteiger partial charge is 0.444 e. The lowest BCUT2D eigenvalue weighted by atomic mass is 9.76. The van der Waals surface area contributed by atoms with Gasteiger partial charge >= 0.3 is 6.09 Å². The van der Waals surface area contributed by atoms with Gasteiger partial charge in [0.05, 0.1) is 5.54 Å². The van der Waals surface area contributed by atoms with Crippen molar-refractivity contribution in [2.45, 2.75) is 63.6 Å². The van der Waals surface area contributed by atoms with E-state index in [0.717, 1.165) is 38.8 Å². The zero-order chi connectivity index (χ0) is 30.8. The molecule has 4 nitrogen and oxygen atoms in total. The third-order valence-corrected chi connectivity index (χ3v) is 8.42. The summed E-state index contributed by atoms with van der Waals surface area (Å²) in [6.07, 6.45) is 8.37. The van der Waals surface area contributed by atoms with Crippen LogP contribution in [0.2, 0.25) is 0 Å². The summed E-state index contributed by atoms with van der Waals surface area (Å²) < 4.78 is 5.60. The number of allylic oxidation sites excluding steroid dienone is 1. The van der Waals surface area contributed by atoms with E-state index in [4.69, 9.17) is 4.74 Å². The molecule has 0 radical (unpaired) electrons. The van der Waals surface area contributed by atoms with Crippen LogP contribution >= 0.6 is 0 Å². The molecule has 4 aromatic carbocycles. The fourth-order valence-electron chi connectivity index (χ4n) is 6.24. The summed E-state index contributed by atoms with van der Waals surface area (Å²) in [5, 5.41) is 4.19. The van der Waals surface area contributed by atoms with E-state index in [1.807, 2.05) is 25.7 Å². The normalized spacial score (nSPS) is 15.3. The molecular formula is C40H46N2O2. The van der Waals surface area contributed by atoms with Gasteiger partial charge in [-0.2, -0.15) is 0 Å². The highest BCUT2D eigenvalue weighted by Crippen LogP contribution is 2.37. The molecule has 1 unspecified atom stereocenters. The second-order valence-electron chi connectivity index (χ2n) is 12.9. The molecule has 4 heteroatoms. The van der Waals surface area contributed by atoms with E-state index in [-0.39, 0.29) is 12.1 Å². The Bertz CT molecular complexity index is 1360. The third kappa shape index (κ3) is 8.06. The lowest BCUT2D eigenvalue weighted by Crippen LogP contribution is -2.50. The van der Waals surface area contributed by atoms with Gasteiger partial charge in [0.2, 0.25) is 0 Å². The Morgan fingerprint density at radius 2 is 1.23 bits per heavy atom.